The van der Waals surface area contributed by atoms with Crippen molar-refractivity contribution >= 4 is 17.3 Å². The van der Waals surface area contributed by atoms with Crippen LogP contribution in [0.15, 0.2) is 24.0 Å². The van der Waals surface area contributed by atoms with E-state index in [4.69, 9.17) is 0 Å². The highest BCUT2D eigenvalue weighted by molar-refractivity contribution is 7.09. The minimum atomic E-state index is 0.405. The third-order valence-electron chi connectivity index (χ3n) is 5.40. The van der Waals surface area contributed by atoms with Crippen molar-refractivity contribution in [1.82, 2.24) is 19.9 Å². The maximum atomic E-state index is 4.58. The first-order valence-corrected chi connectivity index (χ1v) is 9.81. The number of anilines is 1. The zero-order chi connectivity index (χ0) is 16.4. The first-order chi connectivity index (χ1) is 11.8. The molecule has 2 aliphatic rings. The molecular weight excluding hydrogens is 318 g/mol. The number of nitrogens with zero attached hydrogens (tertiary/aromatic N) is 5. The SMILES string of the molecule is CCc1cnc(N2CC[C@@]3(CCCN(Cc4nccs4)C3)C2)nc1. The molecule has 0 bridgehead atoms. The second-order valence-corrected chi connectivity index (χ2v) is 8.14. The number of hydrogen-bond acceptors (Lipinski definition) is 6. The van der Waals surface area contributed by atoms with E-state index in [1.165, 1.54) is 42.9 Å². The summed E-state index contributed by atoms with van der Waals surface area (Å²) in [6.45, 7) is 7.69. The van der Waals surface area contributed by atoms with Crippen LogP contribution in [0, 0.1) is 5.41 Å². The predicted octanol–water partition coefficient (Wildman–Crippen LogP) is 2.99. The van der Waals surface area contributed by atoms with Gasteiger partial charge in [-0.3, -0.25) is 4.90 Å². The van der Waals surface area contributed by atoms with Crippen LogP contribution in [0.25, 0.3) is 0 Å². The molecule has 1 spiro atoms. The molecule has 128 valence electrons. The lowest BCUT2D eigenvalue weighted by Gasteiger charge is -2.40. The molecule has 4 rings (SSSR count). The molecule has 2 fully saturated rings. The average molecular weight is 344 g/mol. The number of aromatic nitrogens is 3. The van der Waals surface area contributed by atoms with Gasteiger partial charge in [0.25, 0.3) is 0 Å². The Balaban J connectivity index is 1.42. The molecule has 1 atom stereocenters. The fraction of sp³-hybridized carbons (Fsp3) is 0.611. The molecule has 0 unspecified atom stereocenters. The summed E-state index contributed by atoms with van der Waals surface area (Å²) in [4.78, 5) is 18.6. The molecule has 4 heterocycles. The molecular formula is C18H25N5S. The fourth-order valence-corrected chi connectivity index (χ4v) is 4.76. The fourth-order valence-electron chi connectivity index (χ4n) is 4.10. The van der Waals surface area contributed by atoms with Gasteiger partial charge in [-0.05, 0) is 37.8 Å². The van der Waals surface area contributed by atoms with E-state index in [1.54, 1.807) is 11.3 Å². The van der Waals surface area contributed by atoms with Crippen molar-refractivity contribution in [3.63, 3.8) is 0 Å². The van der Waals surface area contributed by atoms with E-state index in [0.29, 0.717) is 5.41 Å². The third kappa shape index (κ3) is 3.30. The Morgan fingerprint density at radius 2 is 2.00 bits per heavy atom. The third-order valence-corrected chi connectivity index (χ3v) is 6.17. The molecule has 0 radical (unpaired) electrons. The molecule has 24 heavy (non-hydrogen) atoms. The van der Waals surface area contributed by atoms with Crippen LogP contribution in [-0.2, 0) is 13.0 Å². The molecule has 6 heteroatoms. The summed E-state index contributed by atoms with van der Waals surface area (Å²) in [7, 11) is 0. The van der Waals surface area contributed by atoms with Gasteiger partial charge in [0.1, 0.15) is 5.01 Å². The van der Waals surface area contributed by atoms with Crippen LogP contribution >= 0.6 is 11.3 Å². The summed E-state index contributed by atoms with van der Waals surface area (Å²) in [5.41, 5.74) is 1.61. The van der Waals surface area contributed by atoms with E-state index in [-0.39, 0.29) is 0 Å². The molecule has 0 saturated carbocycles. The van der Waals surface area contributed by atoms with Gasteiger partial charge in [-0.15, -0.1) is 11.3 Å². The number of aryl methyl sites for hydroxylation is 1. The van der Waals surface area contributed by atoms with Crippen molar-refractivity contribution in [2.24, 2.45) is 5.41 Å². The monoisotopic (exact) mass is 343 g/mol. The second kappa shape index (κ2) is 6.76. The lowest BCUT2D eigenvalue weighted by molar-refractivity contribution is 0.0990. The Morgan fingerprint density at radius 3 is 2.75 bits per heavy atom. The maximum Gasteiger partial charge on any atom is 0.225 e. The molecule has 2 aliphatic heterocycles. The topological polar surface area (TPSA) is 45.2 Å². The van der Waals surface area contributed by atoms with E-state index >= 15 is 0 Å². The van der Waals surface area contributed by atoms with Gasteiger partial charge in [0.15, 0.2) is 0 Å². The van der Waals surface area contributed by atoms with Crippen LogP contribution in [0.1, 0.15) is 36.8 Å². The molecule has 2 saturated heterocycles. The van der Waals surface area contributed by atoms with E-state index in [2.05, 4.69) is 37.1 Å². The summed E-state index contributed by atoms with van der Waals surface area (Å²) in [6, 6.07) is 0. The van der Waals surface area contributed by atoms with Gasteiger partial charge in [-0.25, -0.2) is 15.0 Å². The van der Waals surface area contributed by atoms with Crippen LogP contribution in [0.5, 0.6) is 0 Å². The molecule has 0 amide bonds. The van der Waals surface area contributed by atoms with Crippen molar-refractivity contribution in [1.29, 1.82) is 0 Å². The summed E-state index contributed by atoms with van der Waals surface area (Å²) in [5, 5.41) is 3.31. The van der Waals surface area contributed by atoms with Crippen molar-refractivity contribution in [3.8, 4) is 0 Å². The Kier molecular flexibility index (Phi) is 4.50. The van der Waals surface area contributed by atoms with Crippen LogP contribution in [0.3, 0.4) is 0 Å². The maximum absolute atomic E-state index is 4.58. The Hall–Kier alpha value is -1.53. The van der Waals surface area contributed by atoms with Crippen molar-refractivity contribution in [2.75, 3.05) is 31.1 Å². The van der Waals surface area contributed by atoms with Gasteiger partial charge in [0, 0.05) is 49.0 Å². The van der Waals surface area contributed by atoms with Crippen LogP contribution in [0.2, 0.25) is 0 Å². The molecule has 2 aromatic rings. The summed E-state index contributed by atoms with van der Waals surface area (Å²) >= 11 is 1.77. The standard InChI is InChI=1S/C18H25N5S/c1-2-15-10-20-17(21-11-15)23-8-5-18(14-23)4-3-7-22(13-18)12-16-19-6-9-24-16/h6,9-11H,2-5,7-8,12-14H2,1H3/t18-/m1/s1. The smallest absolute Gasteiger partial charge is 0.225 e. The molecule has 5 nitrogen and oxygen atoms in total. The molecule has 0 N–H and O–H groups in total. The van der Waals surface area contributed by atoms with Gasteiger partial charge in [0.05, 0.1) is 6.54 Å². The van der Waals surface area contributed by atoms with Gasteiger partial charge >= 0.3 is 0 Å². The molecule has 0 aliphatic carbocycles. The van der Waals surface area contributed by atoms with Gasteiger partial charge in [0.2, 0.25) is 5.95 Å². The van der Waals surface area contributed by atoms with Crippen molar-refractivity contribution < 1.29 is 0 Å². The lowest BCUT2D eigenvalue weighted by Crippen LogP contribution is -2.44. The van der Waals surface area contributed by atoms with Gasteiger partial charge in [-0.2, -0.15) is 0 Å². The number of likely N-dealkylation sites (tertiary alicyclic amines) is 1. The Labute approximate surface area is 147 Å². The van der Waals surface area contributed by atoms with Crippen LogP contribution in [0.4, 0.5) is 5.95 Å². The van der Waals surface area contributed by atoms with E-state index in [0.717, 1.165) is 32.0 Å². The first-order valence-electron chi connectivity index (χ1n) is 8.93. The van der Waals surface area contributed by atoms with Crippen molar-refractivity contribution in [3.05, 3.63) is 34.5 Å². The minimum absolute atomic E-state index is 0.405. The highest BCUT2D eigenvalue weighted by Gasteiger charge is 2.42. The van der Waals surface area contributed by atoms with E-state index < -0.39 is 0 Å². The zero-order valence-electron chi connectivity index (χ0n) is 14.3. The highest BCUT2D eigenvalue weighted by Crippen LogP contribution is 2.40. The Bertz CT molecular complexity index is 657. The minimum Gasteiger partial charge on any atom is -0.340 e. The lowest BCUT2D eigenvalue weighted by atomic mass is 9.79. The van der Waals surface area contributed by atoms with Gasteiger partial charge in [-0.1, -0.05) is 6.92 Å². The highest BCUT2D eigenvalue weighted by atomic mass is 32.1. The second-order valence-electron chi connectivity index (χ2n) is 7.16. The van der Waals surface area contributed by atoms with Crippen molar-refractivity contribution in [2.45, 2.75) is 39.2 Å². The Morgan fingerprint density at radius 1 is 1.12 bits per heavy atom. The summed E-state index contributed by atoms with van der Waals surface area (Å²) < 4.78 is 0. The quantitative estimate of drug-likeness (QED) is 0.854. The molecule has 0 aromatic carbocycles. The zero-order valence-corrected chi connectivity index (χ0v) is 15.1. The molecule has 2 aromatic heterocycles. The first kappa shape index (κ1) is 16.0. The van der Waals surface area contributed by atoms with E-state index in [1.807, 2.05) is 18.6 Å². The summed E-state index contributed by atoms with van der Waals surface area (Å²) in [5.74, 6) is 0.904. The van der Waals surface area contributed by atoms with Crippen LogP contribution < -0.4 is 4.90 Å². The number of thiazole rings is 1. The number of hydrogen-bond donors (Lipinski definition) is 0. The van der Waals surface area contributed by atoms with Crippen LogP contribution in [-0.4, -0.2) is 46.0 Å². The van der Waals surface area contributed by atoms with Gasteiger partial charge < -0.3 is 4.90 Å². The normalized spacial score (nSPS) is 24.8. The number of rotatable bonds is 4. The average Bonchev–Trinajstić information content (AvgIpc) is 3.26. The predicted molar refractivity (Wildman–Crippen MR) is 97.3 cm³/mol. The van der Waals surface area contributed by atoms with E-state index in [9.17, 15) is 0 Å². The number of piperidine rings is 1. The largest absolute Gasteiger partial charge is 0.340 e. The summed E-state index contributed by atoms with van der Waals surface area (Å²) in [6.07, 6.45) is 10.7.